The number of carbonyl (C=O) groups is 1. The van der Waals surface area contributed by atoms with Gasteiger partial charge in [-0.05, 0) is 13.0 Å². The second kappa shape index (κ2) is 4.09. The minimum absolute atomic E-state index is 0.161. The van der Waals surface area contributed by atoms with E-state index in [2.05, 4.69) is 13.2 Å². The molecule has 0 heterocycles. The molecule has 0 unspecified atom stereocenters. The first kappa shape index (κ1) is 10.1. The van der Waals surface area contributed by atoms with E-state index in [4.69, 9.17) is 11.6 Å². The minimum atomic E-state index is -0.769. The van der Waals surface area contributed by atoms with Crippen LogP contribution in [0.5, 0.6) is 0 Å². The van der Waals surface area contributed by atoms with Crippen molar-refractivity contribution in [1.82, 2.24) is 0 Å². The molecule has 0 aliphatic rings. The van der Waals surface area contributed by atoms with Gasteiger partial charge >= 0.3 is 0 Å². The van der Waals surface area contributed by atoms with E-state index in [0.29, 0.717) is 0 Å². The number of halogens is 2. The van der Waals surface area contributed by atoms with Crippen LogP contribution in [0.1, 0.15) is 6.92 Å². The summed E-state index contributed by atoms with van der Waals surface area (Å²) in [6.07, 6.45) is 1.15. The highest BCUT2D eigenvalue weighted by molar-refractivity contribution is 6.32. The van der Waals surface area contributed by atoms with E-state index in [-0.39, 0.29) is 16.4 Å². The van der Waals surface area contributed by atoms with Crippen molar-refractivity contribution in [2.45, 2.75) is 6.92 Å². The molecular weight excluding hydrogens is 167 g/mol. The molecule has 0 aromatic rings. The summed E-state index contributed by atoms with van der Waals surface area (Å²) in [4.78, 5) is 10.5. The summed E-state index contributed by atoms with van der Waals surface area (Å²) < 4.78 is 12.2. The largest absolute Gasteiger partial charge is 0.295 e. The summed E-state index contributed by atoms with van der Waals surface area (Å²) in [6, 6.07) is 0. The van der Waals surface area contributed by atoms with Crippen LogP contribution in [-0.2, 0) is 4.79 Å². The van der Waals surface area contributed by atoms with E-state index in [1.807, 2.05) is 0 Å². The second-order valence-corrected chi connectivity index (χ2v) is 2.39. The maximum atomic E-state index is 12.2. The lowest BCUT2D eigenvalue weighted by molar-refractivity contribution is -0.113. The van der Waals surface area contributed by atoms with E-state index >= 15 is 0 Å². The Balaban J connectivity index is 4.44. The third-order valence-corrected chi connectivity index (χ3v) is 1.33. The number of rotatable bonds is 3. The van der Waals surface area contributed by atoms with Crippen molar-refractivity contribution in [3.8, 4) is 0 Å². The Morgan fingerprint density at radius 2 is 2.00 bits per heavy atom. The fourth-order valence-electron chi connectivity index (χ4n) is 0.333. The lowest BCUT2D eigenvalue weighted by Crippen LogP contribution is -1.91. The van der Waals surface area contributed by atoms with Gasteiger partial charge in [-0.2, -0.15) is 0 Å². The van der Waals surface area contributed by atoms with Crippen molar-refractivity contribution in [1.29, 1.82) is 0 Å². The first-order valence-electron chi connectivity index (χ1n) is 2.87. The zero-order chi connectivity index (χ0) is 9.02. The molecule has 1 nitrogen and oxygen atoms in total. The van der Waals surface area contributed by atoms with E-state index in [9.17, 15) is 9.18 Å². The standard InChI is InChI=1S/C8H8ClFO/c1-5(7(3)11)4-8(9)6(2)10/h4H,1-2H2,3H3/b8-4+. The number of hydrogen-bond acceptors (Lipinski definition) is 1. The van der Waals surface area contributed by atoms with Gasteiger partial charge in [-0.15, -0.1) is 0 Å². The molecule has 0 rings (SSSR count). The van der Waals surface area contributed by atoms with Gasteiger partial charge in [-0.25, -0.2) is 4.39 Å². The normalized spacial score (nSPS) is 11.0. The van der Waals surface area contributed by atoms with E-state index in [1.54, 1.807) is 0 Å². The predicted molar refractivity (Wildman–Crippen MR) is 44.0 cm³/mol. The molecule has 11 heavy (non-hydrogen) atoms. The molecule has 0 amide bonds. The number of carbonyl (C=O) groups excluding carboxylic acids is 1. The molecule has 0 aromatic heterocycles. The lowest BCUT2D eigenvalue weighted by Gasteiger charge is -1.93. The van der Waals surface area contributed by atoms with Gasteiger partial charge in [0.1, 0.15) is 5.83 Å². The van der Waals surface area contributed by atoms with E-state index < -0.39 is 5.83 Å². The summed E-state index contributed by atoms with van der Waals surface area (Å²) in [5.41, 5.74) is 0.161. The molecule has 0 aliphatic heterocycles. The number of Topliss-reactive ketones (excluding diaryl/α,β-unsaturated/α-hetero) is 1. The zero-order valence-corrected chi connectivity index (χ0v) is 6.91. The van der Waals surface area contributed by atoms with E-state index in [0.717, 1.165) is 6.08 Å². The van der Waals surface area contributed by atoms with Crippen molar-refractivity contribution in [3.63, 3.8) is 0 Å². The second-order valence-electron chi connectivity index (χ2n) is 1.98. The Hall–Kier alpha value is -0.890. The predicted octanol–water partition coefficient (Wildman–Crippen LogP) is 2.74. The maximum absolute atomic E-state index is 12.2. The number of ketones is 1. The van der Waals surface area contributed by atoms with Crippen LogP contribution in [0, 0.1) is 0 Å². The average Bonchev–Trinajstić information content (AvgIpc) is 1.87. The lowest BCUT2D eigenvalue weighted by atomic mass is 10.2. The molecule has 0 spiro atoms. The molecule has 0 N–H and O–H groups in total. The van der Waals surface area contributed by atoms with Gasteiger partial charge < -0.3 is 0 Å². The van der Waals surface area contributed by atoms with Crippen LogP contribution in [0.3, 0.4) is 0 Å². The Morgan fingerprint density at radius 3 is 2.27 bits per heavy atom. The SMILES string of the molecule is C=C(/C=C(/Cl)C(=C)F)C(C)=O. The molecule has 0 aliphatic carbocycles. The van der Waals surface area contributed by atoms with Gasteiger partial charge in [-0.1, -0.05) is 24.8 Å². The molecule has 60 valence electrons. The van der Waals surface area contributed by atoms with Crippen LogP contribution in [0.15, 0.2) is 35.7 Å². The molecule has 0 radical (unpaired) electrons. The highest BCUT2D eigenvalue weighted by atomic mass is 35.5. The quantitative estimate of drug-likeness (QED) is 0.475. The highest BCUT2D eigenvalue weighted by Crippen LogP contribution is 2.15. The van der Waals surface area contributed by atoms with Crippen LogP contribution in [0.2, 0.25) is 0 Å². The van der Waals surface area contributed by atoms with Gasteiger partial charge in [0.15, 0.2) is 5.78 Å². The molecule has 0 aromatic carbocycles. The summed E-state index contributed by atoms with van der Waals surface area (Å²) in [7, 11) is 0. The molecular formula is C8H8ClFO. The third kappa shape index (κ3) is 3.73. The number of allylic oxidation sites excluding steroid dienone is 4. The Bertz CT molecular complexity index is 240. The summed E-state index contributed by atoms with van der Waals surface area (Å²) >= 11 is 5.33. The van der Waals surface area contributed by atoms with Gasteiger partial charge in [-0.3, -0.25) is 4.79 Å². The minimum Gasteiger partial charge on any atom is -0.295 e. The monoisotopic (exact) mass is 174 g/mol. The average molecular weight is 175 g/mol. The van der Waals surface area contributed by atoms with Crippen molar-refractivity contribution in [2.75, 3.05) is 0 Å². The van der Waals surface area contributed by atoms with Gasteiger partial charge in [0.05, 0.1) is 5.03 Å². The summed E-state index contributed by atoms with van der Waals surface area (Å²) in [6.45, 7) is 7.63. The first-order valence-corrected chi connectivity index (χ1v) is 3.24. The number of hydrogen-bond donors (Lipinski definition) is 0. The maximum Gasteiger partial charge on any atom is 0.159 e. The van der Waals surface area contributed by atoms with Crippen LogP contribution >= 0.6 is 11.6 Å². The smallest absolute Gasteiger partial charge is 0.159 e. The molecule has 0 fully saturated rings. The highest BCUT2D eigenvalue weighted by Gasteiger charge is 2.00. The Morgan fingerprint density at radius 1 is 1.55 bits per heavy atom. The molecule has 0 bridgehead atoms. The van der Waals surface area contributed by atoms with Gasteiger partial charge in [0.25, 0.3) is 0 Å². The van der Waals surface area contributed by atoms with Crippen LogP contribution in [-0.4, -0.2) is 5.78 Å². The van der Waals surface area contributed by atoms with Crippen molar-refractivity contribution >= 4 is 17.4 Å². The van der Waals surface area contributed by atoms with Crippen LogP contribution in [0.25, 0.3) is 0 Å². The fraction of sp³-hybridized carbons (Fsp3) is 0.125. The first-order chi connectivity index (χ1) is 4.95. The van der Waals surface area contributed by atoms with Crippen LogP contribution < -0.4 is 0 Å². The fourth-order valence-corrected chi connectivity index (χ4v) is 0.465. The zero-order valence-electron chi connectivity index (χ0n) is 6.16. The Kier molecular flexibility index (Phi) is 3.76. The summed E-state index contributed by atoms with van der Waals surface area (Å²) in [5.74, 6) is -1.02. The van der Waals surface area contributed by atoms with Crippen molar-refractivity contribution < 1.29 is 9.18 Å². The van der Waals surface area contributed by atoms with Gasteiger partial charge in [0.2, 0.25) is 0 Å². The van der Waals surface area contributed by atoms with Crippen molar-refractivity contribution in [2.24, 2.45) is 0 Å². The van der Waals surface area contributed by atoms with Crippen molar-refractivity contribution in [3.05, 3.63) is 35.7 Å². The molecule has 0 atom stereocenters. The molecule has 0 saturated heterocycles. The molecule has 3 heteroatoms. The van der Waals surface area contributed by atoms with Crippen LogP contribution in [0.4, 0.5) is 4.39 Å². The molecule has 0 saturated carbocycles. The summed E-state index contributed by atoms with van der Waals surface area (Å²) in [5, 5.41) is -0.190. The topological polar surface area (TPSA) is 17.1 Å². The Labute approximate surface area is 69.9 Å². The third-order valence-electron chi connectivity index (χ3n) is 1.01. The van der Waals surface area contributed by atoms with E-state index in [1.165, 1.54) is 6.92 Å². The van der Waals surface area contributed by atoms with Gasteiger partial charge in [0, 0.05) is 5.57 Å².